The lowest BCUT2D eigenvalue weighted by Crippen LogP contribution is -2.25. The first-order chi connectivity index (χ1) is 8.17. The molecule has 0 atom stereocenters. The highest BCUT2D eigenvalue weighted by Gasteiger charge is 2.33. The van der Waals surface area contributed by atoms with Gasteiger partial charge in [-0.1, -0.05) is 26.2 Å². The molecule has 0 aliphatic heterocycles. The van der Waals surface area contributed by atoms with Gasteiger partial charge in [-0.15, -0.1) is 0 Å². The van der Waals surface area contributed by atoms with E-state index >= 15 is 0 Å². The molecule has 0 radical (unpaired) electrons. The number of anilines is 1. The summed E-state index contributed by atoms with van der Waals surface area (Å²) in [4.78, 5) is 4.62. The number of aromatic nitrogens is 1. The molecule has 0 saturated heterocycles. The molecule has 0 amide bonds. The van der Waals surface area contributed by atoms with Crippen LogP contribution in [0.4, 0.5) is 5.69 Å². The van der Waals surface area contributed by atoms with Gasteiger partial charge in [-0.25, -0.2) is 4.98 Å². The van der Waals surface area contributed by atoms with Crippen LogP contribution in [0.15, 0.2) is 22.6 Å². The van der Waals surface area contributed by atoms with Gasteiger partial charge in [0, 0.05) is 11.1 Å². The maximum atomic E-state index is 5.90. The minimum Gasteiger partial charge on any atom is -0.440 e. The molecule has 1 aliphatic rings. The number of fused-ring (bicyclic) bond motifs is 1. The van der Waals surface area contributed by atoms with E-state index in [1.807, 2.05) is 18.2 Å². The number of hydrogen-bond acceptors (Lipinski definition) is 3. The molecule has 1 fully saturated rings. The van der Waals surface area contributed by atoms with Gasteiger partial charge in [-0.05, 0) is 31.0 Å². The largest absolute Gasteiger partial charge is 0.440 e. The standard InChI is InChI=1S/C14H18N2O/c1-14(7-3-2-4-8-14)13-16-11-9-10(15)5-6-12(11)17-13/h5-6,9H,2-4,7-8,15H2,1H3. The van der Waals surface area contributed by atoms with Crippen LogP contribution >= 0.6 is 0 Å². The van der Waals surface area contributed by atoms with Crippen LogP contribution in [0.25, 0.3) is 11.1 Å². The zero-order valence-corrected chi connectivity index (χ0v) is 10.2. The summed E-state index contributed by atoms with van der Waals surface area (Å²) in [5, 5.41) is 0. The second-order valence-corrected chi connectivity index (χ2v) is 5.37. The number of nitrogens with zero attached hydrogens (tertiary/aromatic N) is 1. The van der Waals surface area contributed by atoms with Crippen molar-refractivity contribution in [2.24, 2.45) is 0 Å². The summed E-state index contributed by atoms with van der Waals surface area (Å²) in [5.74, 6) is 0.887. The van der Waals surface area contributed by atoms with Crippen molar-refractivity contribution < 1.29 is 4.42 Å². The third-order valence-electron chi connectivity index (χ3n) is 3.89. The van der Waals surface area contributed by atoms with E-state index < -0.39 is 0 Å². The van der Waals surface area contributed by atoms with Crippen LogP contribution in [0.3, 0.4) is 0 Å². The molecule has 1 aliphatic carbocycles. The SMILES string of the molecule is CC1(c2nc3cc(N)ccc3o2)CCCCC1. The Hall–Kier alpha value is -1.51. The lowest BCUT2D eigenvalue weighted by Gasteiger charge is -2.30. The fourth-order valence-corrected chi connectivity index (χ4v) is 2.75. The van der Waals surface area contributed by atoms with Crippen LogP contribution < -0.4 is 5.73 Å². The summed E-state index contributed by atoms with van der Waals surface area (Å²) >= 11 is 0. The second-order valence-electron chi connectivity index (χ2n) is 5.37. The van der Waals surface area contributed by atoms with E-state index in [1.54, 1.807) is 0 Å². The van der Waals surface area contributed by atoms with E-state index in [2.05, 4.69) is 11.9 Å². The first kappa shape index (κ1) is 10.6. The first-order valence-corrected chi connectivity index (χ1v) is 6.34. The molecule has 1 saturated carbocycles. The number of rotatable bonds is 1. The number of nitrogens with two attached hydrogens (primary N) is 1. The van der Waals surface area contributed by atoms with Crippen molar-refractivity contribution in [2.75, 3.05) is 5.73 Å². The van der Waals surface area contributed by atoms with E-state index in [9.17, 15) is 0 Å². The second kappa shape index (κ2) is 3.76. The van der Waals surface area contributed by atoms with Crippen molar-refractivity contribution >= 4 is 16.8 Å². The Morgan fingerprint density at radius 2 is 2.00 bits per heavy atom. The Labute approximate surface area is 101 Å². The predicted molar refractivity (Wildman–Crippen MR) is 68.9 cm³/mol. The average molecular weight is 230 g/mol. The molecule has 0 spiro atoms. The molecule has 90 valence electrons. The topological polar surface area (TPSA) is 52.0 Å². The van der Waals surface area contributed by atoms with E-state index in [1.165, 1.54) is 32.1 Å². The number of benzene rings is 1. The molecule has 1 heterocycles. The van der Waals surface area contributed by atoms with Gasteiger partial charge in [0.05, 0.1) is 0 Å². The third-order valence-corrected chi connectivity index (χ3v) is 3.89. The first-order valence-electron chi connectivity index (χ1n) is 6.34. The minimum atomic E-state index is 0.117. The Balaban J connectivity index is 2.05. The van der Waals surface area contributed by atoms with E-state index in [-0.39, 0.29) is 5.41 Å². The summed E-state index contributed by atoms with van der Waals surface area (Å²) in [6, 6.07) is 5.66. The van der Waals surface area contributed by atoms with E-state index in [0.717, 1.165) is 22.7 Å². The quantitative estimate of drug-likeness (QED) is 0.761. The lowest BCUT2D eigenvalue weighted by molar-refractivity contribution is 0.263. The molecule has 3 nitrogen and oxygen atoms in total. The summed E-state index contributed by atoms with van der Waals surface area (Å²) in [5.41, 5.74) is 8.35. The maximum Gasteiger partial charge on any atom is 0.201 e. The molecule has 17 heavy (non-hydrogen) atoms. The van der Waals surface area contributed by atoms with Crippen LogP contribution in [0, 0.1) is 0 Å². The van der Waals surface area contributed by atoms with Crippen LogP contribution in [0.5, 0.6) is 0 Å². The van der Waals surface area contributed by atoms with Crippen molar-refractivity contribution in [3.8, 4) is 0 Å². The van der Waals surface area contributed by atoms with Crippen LogP contribution in [-0.2, 0) is 5.41 Å². The van der Waals surface area contributed by atoms with Crippen LogP contribution in [0.1, 0.15) is 44.9 Å². The smallest absolute Gasteiger partial charge is 0.201 e. The molecule has 0 unspecified atom stereocenters. The molecule has 2 aromatic rings. The Bertz CT molecular complexity index is 538. The average Bonchev–Trinajstić information content (AvgIpc) is 2.73. The molecule has 2 N–H and O–H groups in total. The monoisotopic (exact) mass is 230 g/mol. The minimum absolute atomic E-state index is 0.117. The van der Waals surface area contributed by atoms with Crippen molar-refractivity contribution in [1.29, 1.82) is 0 Å². The Kier molecular flexibility index (Phi) is 2.35. The number of oxazole rings is 1. The van der Waals surface area contributed by atoms with Gasteiger partial charge in [-0.2, -0.15) is 0 Å². The van der Waals surface area contributed by atoms with Gasteiger partial charge in [0.1, 0.15) is 5.52 Å². The lowest BCUT2D eigenvalue weighted by atomic mass is 9.76. The highest BCUT2D eigenvalue weighted by molar-refractivity contribution is 5.76. The van der Waals surface area contributed by atoms with Gasteiger partial charge in [0.15, 0.2) is 5.58 Å². The molecular formula is C14H18N2O. The van der Waals surface area contributed by atoms with E-state index in [4.69, 9.17) is 10.2 Å². The number of nitrogen functional groups attached to an aromatic ring is 1. The number of hydrogen-bond donors (Lipinski definition) is 1. The van der Waals surface area contributed by atoms with E-state index in [0.29, 0.717) is 0 Å². The normalized spacial score (nSPS) is 19.6. The third kappa shape index (κ3) is 1.79. The molecule has 3 heteroatoms. The van der Waals surface area contributed by atoms with Gasteiger partial charge in [0.25, 0.3) is 0 Å². The zero-order valence-electron chi connectivity index (χ0n) is 10.2. The van der Waals surface area contributed by atoms with Gasteiger partial charge in [-0.3, -0.25) is 0 Å². The van der Waals surface area contributed by atoms with Crippen molar-refractivity contribution in [3.63, 3.8) is 0 Å². The van der Waals surface area contributed by atoms with Gasteiger partial charge in [0.2, 0.25) is 5.89 Å². The highest BCUT2D eigenvalue weighted by Crippen LogP contribution is 2.39. The molecule has 1 aromatic carbocycles. The summed E-state index contributed by atoms with van der Waals surface area (Å²) in [6.07, 6.45) is 6.24. The summed E-state index contributed by atoms with van der Waals surface area (Å²) in [7, 11) is 0. The predicted octanol–water partition coefficient (Wildman–Crippen LogP) is 3.63. The fourth-order valence-electron chi connectivity index (χ4n) is 2.75. The highest BCUT2D eigenvalue weighted by atomic mass is 16.3. The van der Waals surface area contributed by atoms with Crippen molar-refractivity contribution in [1.82, 2.24) is 4.98 Å². The Morgan fingerprint density at radius 1 is 1.24 bits per heavy atom. The molecule has 0 bridgehead atoms. The zero-order chi connectivity index (χ0) is 11.9. The summed E-state index contributed by atoms with van der Waals surface area (Å²) < 4.78 is 5.90. The van der Waals surface area contributed by atoms with Crippen molar-refractivity contribution in [3.05, 3.63) is 24.1 Å². The Morgan fingerprint density at radius 3 is 2.76 bits per heavy atom. The van der Waals surface area contributed by atoms with Crippen LogP contribution in [0.2, 0.25) is 0 Å². The maximum absolute atomic E-state index is 5.90. The molecular weight excluding hydrogens is 212 g/mol. The van der Waals surface area contributed by atoms with Crippen molar-refractivity contribution in [2.45, 2.75) is 44.4 Å². The van der Waals surface area contributed by atoms with Gasteiger partial charge < -0.3 is 10.2 Å². The fraction of sp³-hybridized carbons (Fsp3) is 0.500. The summed E-state index contributed by atoms with van der Waals surface area (Å²) in [6.45, 7) is 2.26. The van der Waals surface area contributed by atoms with Gasteiger partial charge >= 0.3 is 0 Å². The van der Waals surface area contributed by atoms with Crippen LogP contribution in [-0.4, -0.2) is 4.98 Å². The molecule has 1 aromatic heterocycles. The molecule has 3 rings (SSSR count).